The van der Waals surface area contributed by atoms with E-state index in [9.17, 15) is 14.4 Å². The number of anilines is 1. The van der Waals surface area contributed by atoms with E-state index in [0.717, 1.165) is 5.56 Å². The molecule has 0 spiro atoms. The Bertz CT molecular complexity index is 1350. The molecule has 0 atom stereocenters. The maximum absolute atomic E-state index is 13.1. The third-order valence-electron chi connectivity index (χ3n) is 4.94. The minimum Gasteiger partial charge on any atom is -0.478 e. The van der Waals surface area contributed by atoms with Crippen molar-refractivity contribution < 1.29 is 18.7 Å². The number of hydrogen-bond donors (Lipinski definition) is 1. The quantitative estimate of drug-likeness (QED) is 0.438. The highest BCUT2D eigenvalue weighted by atomic mass is 16.5. The van der Waals surface area contributed by atoms with Crippen molar-refractivity contribution in [3.8, 4) is 17.1 Å². The monoisotopic (exact) mass is 427 g/mol. The molecular formula is C26H21NO5. The van der Waals surface area contributed by atoms with Crippen molar-refractivity contribution in [1.82, 2.24) is 0 Å². The highest BCUT2D eigenvalue weighted by molar-refractivity contribution is 5.98. The summed E-state index contributed by atoms with van der Waals surface area (Å²) >= 11 is 0. The fraction of sp³-hybridized carbons (Fsp3) is 0.115. The van der Waals surface area contributed by atoms with Crippen molar-refractivity contribution in [2.24, 2.45) is 0 Å². The molecule has 0 aliphatic rings. The van der Waals surface area contributed by atoms with Gasteiger partial charge in [-0.3, -0.25) is 14.4 Å². The molecule has 0 aliphatic carbocycles. The first-order valence-electron chi connectivity index (χ1n) is 10.1. The Balaban J connectivity index is 1.66. The fourth-order valence-corrected chi connectivity index (χ4v) is 3.31. The summed E-state index contributed by atoms with van der Waals surface area (Å²) in [5, 5.41) is 3.03. The van der Waals surface area contributed by atoms with Crippen LogP contribution in [0, 0.1) is 6.92 Å². The second-order valence-corrected chi connectivity index (χ2v) is 7.42. The van der Waals surface area contributed by atoms with E-state index in [0.29, 0.717) is 27.8 Å². The van der Waals surface area contributed by atoms with Crippen LogP contribution in [0.4, 0.5) is 5.69 Å². The summed E-state index contributed by atoms with van der Waals surface area (Å²) in [4.78, 5) is 37.0. The lowest BCUT2D eigenvalue weighted by Gasteiger charge is -2.12. The van der Waals surface area contributed by atoms with Crippen molar-refractivity contribution in [3.63, 3.8) is 0 Å². The van der Waals surface area contributed by atoms with Crippen LogP contribution in [0.3, 0.4) is 0 Å². The van der Waals surface area contributed by atoms with Gasteiger partial charge in [-0.15, -0.1) is 0 Å². The van der Waals surface area contributed by atoms with E-state index in [1.54, 1.807) is 48.5 Å². The SMILES string of the molecule is CC(=O)Nc1ccc(C(=O)COc2c(-c3ccc(C)cc3)oc3ccccc3c2=O)cc1. The zero-order valence-corrected chi connectivity index (χ0v) is 17.7. The molecule has 0 fully saturated rings. The number of carbonyl (C=O) groups is 2. The summed E-state index contributed by atoms with van der Waals surface area (Å²) in [6, 6.07) is 20.9. The predicted octanol–water partition coefficient (Wildman–Crippen LogP) is 4.99. The third kappa shape index (κ3) is 4.44. The Morgan fingerprint density at radius 2 is 1.62 bits per heavy atom. The molecular weight excluding hydrogens is 406 g/mol. The number of aryl methyl sites for hydroxylation is 1. The van der Waals surface area contributed by atoms with Crippen LogP contribution < -0.4 is 15.5 Å². The number of para-hydroxylation sites is 1. The molecule has 0 unspecified atom stereocenters. The van der Waals surface area contributed by atoms with Gasteiger partial charge in [0.2, 0.25) is 17.1 Å². The summed E-state index contributed by atoms with van der Waals surface area (Å²) in [5.74, 6) is -0.223. The first-order chi connectivity index (χ1) is 15.4. The van der Waals surface area contributed by atoms with Crippen LogP contribution in [0.15, 0.2) is 82.0 Å². The number of rotatable bonds is 6. The average molecular weight is 427 g/mol. The first kappa shape index (κ1) is 21.1. The molecule has 0 aliphatic heterocycles. The first-order valence-corrected chi connectivity index (χ1v) is 10.1. The van der Waals surface area contributed by atoms with E-state index in [1.807, 2.05) is 31.2 Å². The minimum atomic E-state index is -0.337. The molecule has 6 nitrogen and oxygen atoms in total. The van der Waals surface area contributed by atoms with Gasteiger partial charge in [-0.2, -0.15) is 0 Å². The highest BCUT2D eigenvalue weighted by Gasteiger charge is 2.19. The van der Waals surface area contributed by atoms with Gasteiger partial charge in [0.25, 0.3) is 0 Å². The molecule has 3 aromatic carbocycles. The molecule has 1 heterocycles. The predicted molar refractivity (Wildman–Crippen MR) is 123 cm³/mol. The van der Waals surface area contributed by atoms with Gasteiger partial charge in [-0.1, -0.05) is 42.0 Å². The molecule has 4 rings (SSSR count). The van der Waals surface area contributed by atoms with E-state index in [-0.39, 0.29) is 35.2 Å². The minimum absolute atomic E-state index is 0.00392. The molecule has 1 aromatic heterocycles. The summed E-state index contributed by atoms with van der Waals surface area (Å²) in [7, 11) is 0. The number of carbonyl (C=O) groups excluding carboxylic acids is 2. The van der Waals surface area contributed by atoms with E-state index < -0.39 is 0 Å². The van der Waals surface area contributed by atoms with Crippen molar-refractivity contribution in [2.45, 2.75) is 13.8 Å². The second-order valence-electron chi connectivity index (χ2n) is 7.42. The molecule has 0 saturated heterocycles. The van der Waals surface area contributed by atoms with Crippen molar-refractivity contribution in [3.05, 3.63) is 94.1 Å². The Hall–Kier alpha value is -4.19. The summed E-state index contributed by atoms with van der Waals surface area (Å²) in [5.41, 5.74) is 2.85. The zero-order chi connectivity index (χ0) is 22.7. The van der Waals surface area contributed by atoms with E-state index in [1.165, 1.54) is 6.92 Å². The van der Waals surface area contributed by atoms with E-state index in [4.69, 9.17) is 9.15 Å². The molecule has 6 heteroatoms. The molecule has 32 heavy (non-hydrogen) atoms. The normalized spacial score (nSPS) is 10.7. The molecule has 4 aromatic rings. The highest BCUT2D eigenvalue weighted by Crippen LogP contribution is 2.31. The van der Waals surface area contributed by atoms with E-state index in [2.05, 4.69) is 5.32 Å². The number of fused-ring (bicyclic) bond motifs is 1. The second kappa shape index (κ2) is 8.89. The number of ketones is 1. The topological polar surface area (TPSA) is 85.6 Å². The summed E-state index contributed by atoms with van der Waals surface area (Å²) in [6.07, 6.45) is 0. The Kier molecular flexibility index (Phi) is 5.85. The van der Waals surface area contributed by atoms with Gasteiger partial charge < -0.3 is 14.5 Å². The maximum atomic E-state index is 13.1. The number of benzene rings is 3. The Morgan fingerprint density at radius 3 is 2.31 bits per heavy atom. The Morgan fingerprint density at radius 1 is 0.938 bits per heavy atom. The summed E-state index contributed by atoms with van der Waals surface area (Å²) in [6.45, 7) is 3.04. The maximum Gasteiger partial charge on any atom is 0.235 e. The summed E-state index contributed by atoms with van der Waals surface area (Å²) < 4.78 is 11.8. The number of ether oxygens (including phenoxy) is 1. The molecule has 160 valence electrons. The van der Waals surface area contributed by atoms with Crippen LogP contribution in [0.25, 0.3) is 22.3 Å². The van der Waals surface area contributed by atoms with Gasteiger partial charge in [0.15, 0.2) is 18.2 Å². The number of hydrogen-bond acceptors (Lipinski definition) is 5. The molecule has 0 bridgehead atoms. The van der Waals surface area contributed by atoms with Crippen LogP contribution in [-0.2, 0) is 4.79 Å². The molecule has 1 N–H and O–H groups in total. The smallest absolute Gasteiger partial charge is 0.235 e. The molecule has 1 amide bonds. The number of Topliss-reactive ketones (excluding diaryl/α,β-unsaturated/α-hetero) is 1. The largest absolute Gasteiger partial charge is 0.478 e. The third-order valence-corrected chi connectivity index (χ3v) is 4.94. The number of amides is 1. The lowest BCUT2D eigenvalue weighted by atomic mass is 10.1. The van der Waals surface area contributed by atoms with Crippen LogP contribution in [0.5, 0.6) is 5.75 Å². The zero-order valence-electron chi connectivity index (χ0n) is 17.7. The van der Waals surface area contributed by atoms with Gasteiger partial charge >= 0.3 is 0 Å². The fourth-order valence-electron chi connectivity index (χ4n) is 3.31. The molecule has 0 radical (unpaired) electrons. The lowest BCUT2D eigenvalue weighted by molar-refractivity contribution is -0.114. The van der Waals surface area contributed by atoms with Gasteiger partial charge in [-0.05, 0) is 43.3 Å². The van der Waals surface area contributed by atoms with Crippen LogP contribution in [-0.4, -0.2) is 18.3 Å². The van der Waals surface area contributed by atoms with Crippen LogP contribution in [0.1, 0.15) is 22.8 Å². The van der Waals surface area contributed by atoms with Crippen LogP contribution in [0.2, 0.25) is 0 Å². The Labute approximate surface area is 184 Å². The van der Waals surface area contributed by atoms with Gasteiger partial charge in [-0.25, -0.2) is 0 Å². The van der Waals surface area contributed by atoms with Gasteiger partial charge in [0.1, 0.15) is 5.58 Å². The molecule has 0 saturated carbocycles. The standard InChI is InChI=1S/C26H21NO5/c1-16-7-9-19(10-8-16)25-26(24(30)21-5-3-4-6-23(21)32-25)31-15-22(29)18-11-13-20(14-12-18)27-17(2)28/h3-14H,15H2,1-2H3,(H,27,28). The van der Waals surface area contributed by atoms with Crippen molar-refractivity contribution >= 4 is 28.3 Å². The van der Waals surface area contributed by atoms with Crippen molar-refractivity contribution in [2.75, 3.05) is 11.9 Å². The lowest BCUT2D eigenvalue weighted by Crippen LogP contribution is -2.17. The van der Waals surface area contributed by atoms with Gasteiger partial charge in [0.05, 0.1) is 5.39 Å². The average Bonchev–Trinajstić information content (AvgIpc) is 2.79. The van der Waals surface area contributed by atoms with E-state index >= 15 is 0 Å². The van der Waals surface area contributed by atoms with Gasteiger partial charge in [0, 0.05) is 23.7 Å². The number of nitrogens with one attached hydrogen (secondary N) is 1. The van der Waals surface area contributed by atoms with Crippen LogP contribution >= 0.6 is 0 Å². The van der Waals surface area contributed by atoms with Crippen molar-refractivity contribution in [1.29, 1.82) is 0 Å².